The van der Waals surface area contributed by atoms with Gasteiger partial charge in [-0.1, -0.05) is 11.6 Å². The highest BCUT2D eigenvalue weighted by atomic mass is 35.5. The van der Waals surface area contributed by atoms with E-state index in [4.69, 9.17) is 11.6 Å². The van der Waals surface area contributed by atoms with Crippen molar-refractivity contribution in [1.82, 2.24) is 4.98 Å². The van der Waals surface area contributed by atoms with Crippen LogP contribution in [0.4, 0.5) is 10.2 Å². The maximum atomic E-state index is 13.6. The van der Waals surface area contributed by atoms with Crippen LogP contribution in [0, 0.1) is 19.7 Å². The SMILES string of the molecule is Cc1cc(C(C)Nc2ncc(Cl)cc2F)c(C)s1. The topological polar surface area (TPSA) is 24.9 Å². The first kappa shape index (κ1) is 13.3. The molecule has 0 amide bonds. The molecule has 0 fully saturated rings. The van der Waals surface area contributed by atoms with Gasteiger partial charge in [0, 0.05) is 16.0 Å². The van der Waals surface area contributed by atoms with Crippen molar-refractivity contribution < 1.29 is 4.39 Å². The lowest BCUT2D eigenvalue weighted by Crippen LogP contribution is -2.09. The average Bonchev–Trinajstić information content (AvgIpc) is 2.62. The zero-order chi connectivity index (χ0) is 13.3. The highest BCUT2D eigenvalue weighted by molar-refractivity contribution is 7.12. The van der Waals surface area contributed by atoms with Crippen molar-refractivity contribution in [2.24, 2.45) is 0 Å². The Morgan fingerprint density at radius 1 is 1.39 bits per heavy atom. The molecule has 2 heterocycles. The van der Waals surface area contributed by atoms with Gasteiger partial charge in [0.1, 0.15) is 0 Å². The highest BCUT2D eigenvalue weighted by Gasteiger charge is 2.13. The van der Waals surface area contributed by atoms with Crippen LogP contribution in [0.15, 0.2) is 18.3 Å². The molecule has 0 spiro atoms. The summed E-state index contributed by atoms with van der Waals surface area (Å²) in [6.07, 6.45) is 1.44. The molecule has 1 N–H and O–H groups in total. The number of hydrogen-bond donors (Lipinski definition) is 1. The minimum absolute atomic E-state index is 0.0122. The van der Waals surface area contributed by atoms with E-state index in [1.807, 2.05) is 6.92 Å². The molecule has 0 saturated carbocycles. The van der Waals surface area contributed by atoms with E-state index in [1.54, 1.807) is 11.3 Å². The third kappa shape index (κ3) is 2.82. The van der Waals surface area contributed by atoms with Crippen LogP contribution in [0.5, 0.6) is 0 Å². The van der Waals surface area contributed by atoms with Crippen molar-refractivity contribution in [3.05, 3.63) is 44.5 Å². The second-order valence-electron chi connectivity index (χ2n) is 4.22. The molecule has 1 unspecified atom stereocenters. The Morgan fingerprint density at radius 3 is 2.67 bits per heavy atom. The van der Waals surface area contributed by atoms with Crippen LogP contribution in [-0.4, -0.2) is 4.98 Å². The Hall–Kier alpha value is -1.13. The second kappa shape index (κ2) is 5.24. The van der Waals surface area contributed by atoms with Crippen molar-refractivity contribution in [1.29, 1.82) is 0 Å². The summed E-state index contributed by atoms with van der Waals surface area (Å²) in [7, 11) is 0. The quantitative estimate of drug-likeness (QED) is 0.882. The number of hydrogen-bond acceptors (Lipinski definition) is 3. The molecule has 2 aromatic heterocycles. The molecule has 1 atom stereocenters. The normalized spacial score (nSPS) is 12.5. The molecule has 0 aliphatic rings. The fraction of sp³-hybridized carbons (Fsp3) is 0.308. The molecule has 18 heavy (non-hydrogen) atoms. The number of halogens is 2. The van der Waals surface area contributed by atoms with Gasteiger partial charge in [0.25, 0.3) is 0 Å². The van der Waals surface area contributed by atoms with Crippen molar-refractivity contribution >= 4 is 28.8 Å². The molecule has 0 aliphatic carbocycles. The fourth-order valence-electron chi connectivity index (χ4n) is 1.88. The number of nitrogens with zero attached hydrogens (tertiary/aromatic N) is 1. The van der Waals surface area contributed by atoms with Gasteiger partial charge in [-0.05, 0) is 38.5 Å². The summed E-state index contributed by atoms with van der Waals surface area (Å²) in [5.41, 5.74) is 1.17. The molecule has 2 rings (SSSR count). The molecule has 2 aromatic rings. The predicted molar refractivity (Wildman–Crippen MR) is 75.0 cm³/mol. The highest BCUT2D eigenvalue weighted by Crippen LogP contribution is 2.29. The Morgan fingerprint density at radius 2 is 2.11 bits per heavy atom. The summed E-state index contributed by atoms with van der Waals surface area (Å²) in [6, 6.07) is 3.39. The van der Waals surface area contributed by atoms with Gasteiger partial charge < -0.3 is 5.32 Å². The van der Waals surface area contributed by atoms with Crippen molar-refractivity contribution in [3.63, 3.8) is 0 Å². The Balaban J connectivity index is 2.21. The molecular formula is C13H14ClFN2S. The van der Waals surface area contributed by atoms with E-state index in [0.717, 1.165) is 0 Å². The van der Waals surface area contributed by atoms with Gasteiger partial charge >= 0.3 is 0 Å². The van der Waals surface area contributed by atoms with Crippen LogP contribution in [-0.2, 0) is 0 Å². The van der Waals surface area contributed by atoms with Crippen LogP contribution < -0.4 is 5.32 Å². The largest absolute Gasteiger partial charge is 0.361 e. The van der Waals surface area contributed by atoms with Gasteiger partial charge in [-0.2, -0.15) is 0 Å². The van der Waals surface area contributed by atoms with Gasteiger partial charge in [-0.3, -0.25) is 0 Å². The molecule has 2 nitrogen and oxygen atoms in total. The van der Waals surface area contributed by atoms with Gasteiger partial charge in [0.2, 0.25) is 0 Å². The number of nitrogens with one attached hydrogen (secondary N) is 1. The van der Waals surface area contributed by atoms with E-state index in [0.29, 0.717) is 5.02 Å². The van der Waals surface area contributed by atoms with E-state index < -0.39 is 5.82 Å². The molecule has 0 bridgehead atoms. The van der Waals surface area contributed by atoms with E-state index in [2.05, 4.69) is 30.2 Å². The number of pyridine rings is 1. The predicted octanol–water partition coefficient (Wildman–Crippen LogP) is 4.73. The molecule has 0 aromatic carbocycles. The van der Waals surface area contributed by atoms with Crippen molar-refractivity contribution in [2.75, 3.05) is 5.32 Å². The first-order valence-corrected chi connectivity index (χ1v) is 6.81. The zero-order valence-electron chi connectivity index (χ0n) is 10.4. The number of anilines is 1. The monoisotopic (exact) mass is 284 g/mol. The molecule has 96 valence electrons. The number of aromatic nitrogens is 1. The maximum absolute atomic E-state index is 13.6. The lowest BCUT2D eigenvalue weighted by Gasteiger charge is -2.15. The van der Waals surface area contributed by atoms with Crippen molar-refractivity contribution in [3.8, 4) is 0 Å². The van der Waals surface area contributed by atoms with E-state index in [9.17, 15) is 4.39 Å². The zero-order valence-corrected chi connectivity index (χ0v) is 12.0. The summed E-state index contributed by atoms with van der Waals surface area (Å²) < 4.78 is 13.6. The summed E-state index contributed by atoms with van der Waals surface area (Å²) in [6.45, 7) is 6.12. The van der Waals surface area contributed by atoms with Gasteiger partial charge in [0.15, 0.2) is 11.6 Å². The molecule has 0 radical (unpaired) electrons. The van der Waals surface area contributed by atoms with E-state index >= 15 is 0 Å². The van der Waals surface area contributed by atoms with Crippen LogP contribution in [0.2, 0.25) is 5.02 Å². The molecular weight excluding hydrogens is 271 g/mol. The van der Waals surface area contributed by atoms with Crippen molar-refractivity contribution in [2.45, 2.75) is 26.8 Å². The molecule has 0 aliphatic heterocycles. The van der Waals surface area contributed by atoms with Crippen LogP contribution in [0.3, 0.4) is 0 Å². The first-order chi connectivity index (χ1) is 8.47. The van der Waals surface area contributed by atoms with E-state index in [-0.39, 0.29) is 11.9 Å². The maximum Gasteiger partial charge on any atom is 0.166 e. The third-order valence-electron chi connectivity index (χ3n) is 2.71. The smallest absolute Gasteiger partial charge is 0.166 e. The van der Waals surface area contributed by atoms with Crippen LogP contribution in [0.25, 0.3) is 0 Å². The summed E-state index contributed by atoms with van der Waals surface area (Å²) in [5, 5.41) is 3.37. The standard InChI is InChI=1S/C13H14ClFN2S/c1-7-4-11(9(3)18-7)8(2)17-13-12(15)5-10(14)6-16-13/h4-6,8H,1-3H3,(H,16,17). The summed E-state index contributed by atoms with van der Waals surface area (Å²) in [4.78, 5) is 6.45. The molecule has 0 saturated heterocycles. The Labute approximate surface area is 115 Å². The summed E-state index contributed by atoms with van der Waals surface area (Å²) in [5.74, 6) is -0.200. The first-order valence-electron chi connectivity index (χ1n) is 5.62. The van der Waals surface area contributed by atoms with Crippen LogP contribution in [0.1, 0.15) is 28.3 Å². The minimum Gasteiger partial charge on any atom is -0.361 e. The fourth-order valence-corrected chi connectivity index (χ4v) is 3.05. The number of aryl methyl sites for hydroxylation is 2. The summed E-state index contributed by atoms with van der Waals surface area (Å²) >= 11 is 7.41. The molecule has 5 heteroatoms. The number of rotatable bonds is 3. The third-order valence-corrected chi connectivity index (χ3v) is 3.90. The van der Waals surface area contributed by atoms with Gasteiger partial charge in [-0.25, -0.2) is 9.37 Å². The lowest BCUT2D eigenvalue weighted by atomic mass is 10.1. The van der Waals surface area contributed by atoms with E-state index in [1.165, 1.54) is 27.6 Å². The lowest BCUT2D eigenvalue weighted by molar-refractivity contribution is 0.621. The van der Waals surface area contributed by atoms with Gasteiger partial charge in [-0.15, -0.1) is 11.3 Å². The minimum atomic E-state index is -0.432. The average molecular weight is 285 g/mol. The Bertz CT molecular complexity index is 568. The number of thiophene rings is 1. The second-order valence-corrected chi connectivity index (χ2v) is 6.12. The van der Waals surface area contributed by atoms with Gasteiger partial charge in [0.05, 0.1) is 11.1 Å². The van der Waals surface area contributed by atoms with Crippen LogP contribution >= 0.6 is 22.9 Å². The Kier molecular flexibility index (Phi) is 3.88.